The fraction of sp³-hybridized carbons (Fsp3) is 0.182. The maximum Gasteiger partial charge on any atom is 0.160 e. The molecule has 6 rings (SSSR count). The Morgan fingerprint density at radius 3 is 0.906 bits per heavy atom. The fourth-order valence-corrected chi connectivity index (χ4v) is 10.4. The molecule has 0 aliphatic carbocycles. The Bertz CT molecular complexity index is 1940. The molecular weight excluding hydrogens is 709 g/mol. The van der Waals surface area contributed by atoms with E-state index in [1.54, 1.807) is 42.7 Å². The average Bonchev–Trinajstić information content (AvgIpc) is 3.20. The van der Waals surface area contributed by atoms with Gasteiger partial charge in [-0.3, -0.25) is 0 Å². The molecule has 0 spiro atoms. The number of methoxy groups -OCH3 is 6. The van der Waals surface area contributed by atoms with E-state index in [4.69, 9.17) is 28.4 Å². The summed E-state index contributed by atoms with van der Waals surface area (Å²) in [7, 11) is 11.2. The van der Waals surface area contributed by atoms with Crippen LogP contribution in [0, 0.1) is 0 Å². The van der Waals surface area contributed by atoms with Crippen LogP contribution in [0.1, 0.15) is 23.6 Å². The summed E-state index contributed by atoms with van der Waals surface area (Å²) in [4.78, 5) is 0. The summed E-state index contributed by atoms with van der Waals surface area (Å²) < 4.78 is 34.3. The molecule has 0 fully saturated rings. The van der Waals surface area contributed by atoms with Crippen LogP contribution >= 0.6 is 0 Å². The summed E-state index contributed by atoms with van der Waals surface area (Å²) in [5, 5.41) is 6.90. The molecule has 0 aliphatic heterocycles. The van der Waals surface area contributed by atoms with Crippen LogP contribution in [0.3, 0.4) is 0 Å². The monoisotopic (exact) mass is 750 g/mol. The Morgan fingerprint density at radius 1 is 0.358 bits per heavy atom. The largest absolute Gasteiger partial charge is 0.493 e. The molecule has 0 atom stereocenters. The van der Waals surface area contributed by atoms with Crippen LogP contribution in [0.4, 0.5) is 0 Å². The smallest absolute Gasteiger partial charge is 0.160 e. The zero-order valence-corrected chi connectivity index (χ0v) is 34.1. The Morgan fingerprint density at radius 2 is 0.642 bits per heavy atom. The minimum Gasteiger partial charge on any atom is -0.493 e. The molecule has 0 unspecified atom stereocenters. The van der Waals surface area contributed by atoms with Gasteiger partial charge in [0.2, 0.25) is 0 Å². The highest BCUT2D eigenvalue weighted by atomic mass is 28.2. The first-order valence-corrected chi connectivity index (χ1v) is 20.1. The lowest BCUT2D eigenvalue weighted by Crippen LogP contribution is -2.35. The standard InChI is InChI=1S/C44H42O6Si3/c1-44(29-14-8-17-32(26-29)51-38-23-11-20-35(45-2)41(38)48-5,30-15-9-18-33(27-30)52-39-24-12-21-36(46-3)42(39)49-6)31-16-10-19-34(28-31)53-40-25-13-22-37(47-4)43(40)50-7/h8-28H,1-7H3. The second-order valence-corrected chi connectivity index (χ2v) is 16.5. The van der Waals surface area contributed by atoms with Gasteiger partial charge < -0.3 is 28.4 Å². The van der Waals surface area contributed by atoms with Crippen LogP contribution < -0.4 is 59.5 Å². The van der Waals surface area contributed by atoms with Crippen LogP contribution in [0.2, 0.25) is 0 Å². The predicted octanol–water partition coefficient (Wildman–Crippen LogP) is 4.06. The van der Waals surface area contributed by atoms with Gasteiger partial charge in [-0.15, -0.1) is 0 Å². The van der Waals surface area contributed by atoms with Gasteiger partial charge in [0, 0.05) is 5.41 Å². The van der Waals surface area contributed by atoms with Gasteiger partial charge in [0.05, 0.1) is 42.7 Å². The molecular formula is C44H42O6Si3. The third kappa shape index (κ3) is 7.92. The van der Waals surface area contributed by atoms with E-state index in [0.717, 1.165) is 50.1 Å². The molecule has 6 aromatic rings. The van der Waals surface area contributed by atoms with Gasteiger partial charge in [0.15, 0.2) is 34.5 Å². The molecule has 0 bridgehead atoms. The first-order chi connectivity index (χ1) is 25.9. The van der Waals surface area contributed by atoms with Crippen LogP contribution in [-0.4, -0.2) is 71.2 Å². The summed E-state index contributed by atoms with van der Waals surface area (Å²) in [6, 6.07) is 45.1. The molecule has 9 heteroatoms. The first-order valence-electron chi connectivity index (χ1n) is 17.1. The molecule has 0 aliphatic rings. The predicted molar refractivity (Wildman–Crippen MR) is 219 cm³/mol. The van der Waals surface area contributed by atoms with Crippen molar-refractivity contribution in [3.05, 3.63) is 144 Å². The van der Waals surface area contributed by atoms with Crippen molar-refractivity contribution in [1.29, 1.82) is 0 Å². The van der Waals surface area contributed by atoms with Gasteiger partial charge in [-0.2, -0.15) is 0 Å². The van der Waals surface area contributed by atoms with Crippen molar-refractivity contribution in [3.8, 4) is 34.5 Å². The van der Waals surface area contributed by atoms with Crippen LogP contribution in [0.15, 0.2) is 127 Å². The summed E-state index contributed by atoms with van der Waals surface area (Å²) in [5.74, 6) is 4.50. The normalized spacial score (nSPS) is 11.2. The summed E-state index contributed by atoms with van der Waals surface area (Å²) in [6.45, 7) is 2.34. The molecule has 0 aromatic heterocycles. The van der Waals surface area contributed by atoms with Crippen molar-refractivity contribution >= 4 is 59.7 Å². The van der Waals surface area contributed by atoms with E-state index < -0.39 is 5.41 Å². The zero-order chi connectivity index (χ0) is 37.4. The molecule has 266 valence electrons. The van der Waals surface area contributed by atoms with E-state index in [-0.39, 0.29) is 0 Å². The van der Waals surface area contributed by atoms with Crippen LogP contribution in [0.5, 0.6) is 34.5 Å². The Hall–Kier alpha value is -5.23. The van der Waals surface area contributed by atoms with Crippen molar-refractivity contribution in [2.24, 2.45) is 0 Å². The van der Waals surface area contributed by atoms with Crippen molar-refractivity contribution in [2.45, 2.75) is 12.3 Å². The van der Waals surface area contributed by atoms with E-state index in [2.05, 4.69) is 97.9 Å². The van der Waals surface area contributed by atoms with Crippen molar-refractivity contribution in [2.75, 3.05) is 42.7 Å². The summed E-state index contributed by atoms with van der Waals surface area (Å²) in [6.07, 6.45) is 0. The van der Waals surface area contributed by atoms with E-state index in [1.807, 2.05) is 36.4 Å². The van der Waals surface area contributed by atoms with Gasteiger partial charge >= 0.3 is 0 Å². The van der Waals surface area contributed by atoms with E-state index >= 15 is 0 Å². The highest BCUT2D eigenvalue weighted by molar-refractivity contribution is 6.69. The third-order valence-corrected chi connectivity index (χ3v) is 13.2. The number of benzene rings is 6. The number of ether oxygens (including phenoxy) is 6. The van der Waals surface area contributed by atoms with E-state index in [0.29, 0.717) is 28.6 Å². The number of rotatable bonds is 15. The SMILES string of the molecule is COc1cccc([Si]c2cccc(C(C)(c3cccc([Si]c4cccc(OC)c4OC)c3)c3cccc([Si]c4cccc(OC)c4OC)c3)c2)c1OC. The molecule has 0 saturated heterocycles. The Balaban J connectivity index is 1.47. The second-order valence-electron chi connectivity index (χ2n) is 12.4. The molecule has 6 radical (unpaired) electrons. The van der Waals surface area contributed by atoms with Gasteiger partial charge in [0.25, 0.3) is 0 Å². The Labute approximate surface area is 320 Å². The van der Waals surface area contributed by atoms with Crippen LogP contribution in [-0.2, 0) is 5.41 Å². The minimum absolute atomic E-state index is 0.370. The highest BCUT2D eigenvalue weighted by Crippen LogP contribution is 2.38. The van der Waals surface area contributed by atoms with Gasteiger partial charge in [-0.1, -0.05) is 125 Å². The first kappa shape index (κ1) is 37.5. The maximum absolute atomic E-state index is 5.81. The van der Waals surface area contributed by atoms with Gasteiger partial charge in [0.1, 0.15) is 28.6 Å². The highest BCUT2D eigenvalue weighted by Gasteiger charge is 2.32. The number of para-hydroxylation sites is 3. The molecule has 0 heterocycles. The fourth-order valence-electron chi connectivity index (χ4n) is 6.65. The van der Waals surface area contributed by atoms with Crippen LogP contribution in [0.25, 0.3) is 0 Å². The Kier molecular flexibility index (Phi) is 12.1. The molecule has 6 nitrogen and oxygen atoms in total. The van der Waals surface area contributed by atoms with E-state index in [9.17, 15) is 0 Å². The van der Waals surface area contributed by atoms with Gasteiger partial charge in [-0.25, -0.2) is 0 Å². The zero-order valence-electron chi connectivity index (χ0n) is 31.1. The topological polar surface area (TPSA) is 55.4 Å². The molecule has 53 heavy (non-hydrogen) atoms. The number of hydrogen-bond acceptors (Lipinski definition) is 6. The molecule has 0 amide bonds. The molecule has 0 saturated carbocycles. The van der Waals surface area contributed by atoms with Gasteiger partial charge in [-0.05, 0) is 57.4 Å². The molecule has 0 N–H and O–H groups in total. The van der Waals surface area contributed by atoms with Crippen molar-refractivity contribution in [1.82, 2.24) is 0 Å². The quantitative estimate of drug-likeness (QED) is 0.117. The summed E-state index contributed by atoms with van der Waals surface area (Å²) >= 11 is 0. The number of hydrogen-bond donors (Lipinski definition) is 0. The lowest BCUT2D eigenvalue weighted by atomic mass is 9.71. The summed E-state index contributed by atoms with van der Waals surface area (Å²) in [5.41, 5.74) is 3.09. The average molecular weight is 751 g/mol. The minimum atomic E-state index is -0.503. The van der Waals surface area contributed by atoms with Crippen molar-refractivity contribution < 1.29 is 28.4 Å². The van der Waals surface area contributed by atoms with Crippen molar-refractivity contribution in [3.63, 3.8) is 0 Å². The second kappa shape index (κ2) is 17.1. The molecule has 6 aromatic carbocycles. The third-order valence-electron chi connectivity index (χ3n) is 9.37. The lowest BCUT2D eigenvalue weighted by Gasteiger charge is -2.33. The van der Waals surface area contributed by atoms with E-state index in [1.165, 1.54) is 32.3 Å². The lowest BCUT2D eigenvalue weighted by molar-refractivity contribution is 0.357. The maximum atomic E-state index is 5.81.